The number of ether oxygens (including phenoxy) is 1. The Balaban J connectivity index is 2.93. The fourth-order valence-corrected chi connectivity index (χ4v) is 3.10. The van der Waals surface area contributed by atoms with Gasteiger partial charge in [-0.1, -0.05) is 26.1 Å². The van der Waals surface area contributed by atoms with Crippen LogP contribution >= 0.6 is 12.2 Å². The molecule has 2 unspecified atom stereocenters. The minimum Gasteiger partial charge on any atom is -0.392 e. The fourth-order valence-electron chi connectivity index (χ4n) is 2.72. The van der Waals surface area contributed by atoms with Crippen molar-refractivity contribution in [2.45, 2.75) is 52.2 Å². The smallest absolute Gasteiger partial charge is 0.235 e. The van der Waals surface area contributed by atoms with Crippen LogP contribution < -0.4 is 5.73 Å². The summed E-state index contributed by atoms with van der Waals surface area (Å²) in [5, 5.41) is 0. The van der Waals surface area contributed by atoms with Crippen molar-refractivity contribution in [2.75, 3.05) is 13.7 Å². The molecule has 1 amide bonds. The second kappa shape index (κ2) is 5.97. The zero-order chi connectivity index (χ0) is 13.9. The number of nitrogens with zero attached hydrogens (tertiary/aromatic N) is 1. The molecular formula is C13H24N2O2S. The van der Waals surface area contributed by atoms with Crippen LogP contribution in [-0.2, 0) is 9.53 Å². The first kappa shape index (κ1) is 15.4. The number of carbonyl (C=O) groups is 1. The third kappa shape index (κ3) is 2.52. The molecule has 0 aliphatic carbocycles. The van der Waals surface area contributed by atoms with E-state index in [2.05, 4.69) is 0 Å². The lowest BCUT2D eigenvalue weighted by atomic mass is 9.80. The normalized spacial score (nSPS) is 24.0. The van der Waals surface area contributed by atoms with Crippen LogP contribution in [0.15, 0.2) is 0 Å². The molecule has 0 radical (unpaired) electrons. The van der Waals surface area contributed by atoms with Crippen molar-refractivity contribution >= 4 is 23.1 Å². The van der Waals surface area contributed by atoms with E-state index >= 15 is 0 Å². The van der Waals surface area contributed by atoms with Gasteiger partial charge in [-0.15, -0.1) is 0 Å². The summed E-state index contributed by atoms with van der Waals surface area (Å²) in [5.74, 6) is 0.0300. The third-order valence-corrected chi connectivity index (χ3v) is 4.63. The van der Waals surface area contributed by atoms with Crippen LogP contribution in [0.3, 0.4) is 0 Å². The number of rotatable bonds is 5. The molecule has 2 atom stereocenters. The first-order chi connectivity index (χ1) is 8.40. The highest BCUT2D eigenvalue weighted by molar-refractivity contribution is 7.80. The number of thiocarbonyl (C=S) groups is 1. The molecule has 2 N–H and O–H groups in total. The highest BCUT2D eigenvalue weighted by atomic mass is 32.1. The van der Waals surface area contributed by atoms with Gasteiger partial charge in [0.25, 0.3) is 0 Å². The molecule has 1 fully saturated rings. The number of amides is 1. The molecule has 0 aromatic carbocycles. The van der Waals surface area contributed by atoms with Crippen LogP contribution in [0.2, 0.25) is 0 Å². The summed E-state index contributed by atoms with van der Waals surface area (Å²) in [6.45, 7) is 6.63. The van der Waals surface area contributed by atoms with Crippen molar-refractivity contribution in [1.82, 2.24) is 4.90 Å². The van der Waals surface area contributed by atoms with Crippen LogP contribution in [-0.4, -0.2) is 41.6 Å². The molecule has 1 aliphatic rings. The van der Waals surface area contributed by atoms with Crippen molar-refractivity contribution in [3.8, 4) is 0 Å². The lowest BCUT2D eigenvalue weighted by molar-refractivity contribution is -0.140. The Kier molecular flexibility index (Phi) is 5.10. The van der Waals surface area contributed by atoms with Gasteiger partial charge in [-0.25, -0.2) is 0 Å². The van der Waals surface area contributed by atoms with Gasteiger partial charge in [0.05, 0.1) is 22.5 Å². The standard InChI is InChI=1S/C13H24N2O2S/c1-5-13(6-2,11(14)18)12(16)15(4)10-7-8-17-9(10)3/h9-10H,5-8H2,1-4H3,(H2,14,18). The van der Waals surface area contributed by atoms with E-state index < -0.39 is 5.41 Å². The SMILES string of the molecule is CCC(CC)(C(=O)N(C)C1CCOC1C)C(N)=S. The van der Waals surface area contributed by atoms with Gasteiger partial charge in [0.15, 0.2) is 0 Å². The molecule has 0 bridgehead atoms. The van der Waals surface area contributed by atoms with Crippen molar-refractivity contribution in [3.63, 3.8) is 0 Å². The second-order valence-corrected chi connectivity index (χ2v) is 5.44. The molecule has 4 nitrogen and oxygen atoms in total. The van der Waals surface area contributed by atoms with Crippen molar-refractivity contribution in [2.24, 2.45) is 11.1 Å². The van der Waals surface area contributed by atoms with E-state index in [0.29, 0.717) is 24.4 Å². The minimum absolute atomic E-state index is 0.0300. The highest BCUT2D eigenvalue weighted by Crippen LogP contribution is 2.31. The molecule has 18 heavy (non-hydrogen) atoms. The summed E-state index contributed by atoms with van der Waals surface area (Å²) < 4.78 is 5.52. The summed E-state index contributed by atoms with van der Waals surface area (Å²) in [5.41, 5.74) is 5.12. The zero-order valence-corrected chi connectivity index (χ0v) is 12.5. The summed E-state index contributed by atoms with van der Waals surface area (Å²) in [6.07, 6.45) is 2.25. The van der Waals surface area contributed by atoms with E-state index in [1.807, 2.05) is 27.8 Å². The number of nitrogens with two attached hydrogens (primary N) is 1. The molecule has 5 heteroatoms. The number of hydrogen-bond donors (Lipinski definition) is 1. The molecule has 1 rings (SSSR count). The average Bonchev–Trinajstić information content (AvgIpc) is 2.76. The van der Waals surface area contributed by atoms with Crippen LogP contribution in [0.1, 0.15) is 40.0 Å². The van der Waals surface area contributed by atoms with Crippen molar-refractivity contribution < 1.29 is 9.53 Å². The van der Waals surface area contributed by atoms with Gasteiger partial charge in [-0.2, -0.15) is 0 Å². The summed E-state index contributed by atoms with van der Waals surface area (Å²) in [4.78, 5) is 14.8. The quantitative estimate of drug-likeness (QED) is 0.774. The number of hydrogen-bond acceptors (Lipinski definition) is 3. The average molecular weight is 272 g/mol. The number of likely N-dealkylation sites (N-methyl/N-ethyl adjacent to an activating group) is 1. The maximum atomic E-state index is 12.7. The van der Waals surface area contributed by atoms with Gasteiger partial charge in [-0.05, 0) is 26.2 Å². The molecule has 0 saturated carbocycles. The van der Waals surface area contributed by atoms with E-state index in [0.717, 1.165) is 6.42 Å². The lowest BCUT2D eigenvalue weighted by Gasteiger charge is -2.37. The third-order valence-electron chi connectivity index (χ3n) is 4.24. The van der Waals surface area contributed by atoms with Gasteiger partial charge in [0.2, 0.25) is 5.91 Å². The molecule has 0 aromatic rings. The van der Waals surface area contributed by atoms with Crippen LogP contribution in [0.25, 0.3) is 0 Å². The Morgan fingerprint density at radius 2 is 2.06 bits per heavy atom. The molecule has 104 valence electrons. The molecule has 0 aromatic heterocycles. The van der Waals surface area contributed by atoms with Crippen molar-refractivity contribution in [3.05, 3.63) is 0 Å². The zero-order valence-electron chi connectivity index (χ0n) is 11.7. The van der Waals surface area contributed by atoms with E-state index in [9.17, 15) is 4.79 Å². The van der Waals surface area contributed by atoms with Crippen LogP contribution in [0.4, 0.5) is 0 Å². The van der Waals surface area contributed by atoms with E-state index in [1.165, 1.54) is 0 Å². The van der Waals surface area contributed by atoms with Crippen LogP contribution in [0.5, 0.6) is 0 Å². The van der Waals surface area contributed by atoms with Gasteiger partial charge in [-0.3, -0.25) is 4.79 Å². The lowest BCUT2D eigenvalue weighted by Crippen LogP contribution is -2.53. The van der Waals surface area contributed by atoms with E-state index in [-0.39, 0.29) is 18.1 Å². The number of carbonyl (C=O) groups excluding carboxylic acids is 1. The first-order valence-corrected chi connectivity index (χ1v) is 7.00. The summed E-state index contributed by atoms with van der Waals surface area (Å²) in [6, 6.07) is 0.129. The highest BCUT2D eigenvalue weighted by Gasteiger charge is 2.43. The topological polar surface area (TPSA) is 55.6 Å². The molecule has 1 saturated heterocycles. The Morgan fingerprint density at radius 1 is 1.50 bits per heavy atom. The largest absolute Gasteiger partial charge is 0.392 e. The molecular weight excluding hydrogens is 248 g/mol. The van der Waals surface area contributed by atoms with E-state index in [1.54, 1.807) is 4.90 Å². The minimum atomic E-state index is -0.702. The predicted molar refractivity (Wildman–Crippen MR) is 76.4 cm³/mol. The van der Waals surface area contributed by atoms with Crippen molar-refractivity contribution in [1.29, 1.82) is 0 Å². The summed E-state index contributed by atoms with van der Waals surface area (Å²) in [7, 11) is 1.83. The first-order valence-electron chi connectivity index (χ1n) is 6.59. The second-order valence-electron chi connectivity index (χ2n) is 5.00. The monoisotopic (exact) mass is 272 g/mol. The Bertz CT molecular complexity index is 329. The molecule has 0 spiro atoms. The fraction of sp³-hybridized carbons (Fsp3) is 0.846. The van der Waals surface area contributed by atoms with Gasteiger partial charge >= 0.3 is 0 Å². The van der Waals surface area contributed by atoms with Gasteiger partial charge in [0, 0.05) is 13.7 Å². The maximum Gasteiger partial charge on any atom is 0.235 e. The predicted octanol–water partition coefficient (Wildman–Crippen LogP) is 1.71. The Labute approximate surface area is 115 Å². The van der Waals surface area contributed by atoms with Crippen LogP contribution in [0, 0.1) is 5.41 Å². The van der Waals surface area contributed by atoms with E-state index in [4.69, 9.17) is 22.7 Å². The summed E-state index contributed by atoms with van der Waals surface area (Å²) >= 11 is 5.13. The Morgan fingerprint density at radius 3 is 2.39 bits per heavy atom. The maximum absolute atomic E-state index is 12.7. The Hall–Kier alpha value is -0.680. The van der Waals surface area contributed by atoms with Gasteiger partial charge < -0.3 is 15.4 Å². The molecule has 1 aliphatic heterocycles. The molecule has 1 heterocycles. The van der Waals surface area contributed by atoms with Gasteiger partial charge in [0.1, 0.15) is 0 Å².